The van der Waals surface area contributed by atoms with Crippen molar-refractivity contribution in [3.05, 3.63) is 69.4 Å². The third kappa shape index (κ3) is 4.35. The van der Waals surface area contributed by atoms with Crippen LogP contribution in [0.2, 0.25) is 0 Å². The predicted octanol–water partition coefficient (Wildman–Crippen LogP) is 2.07. The van der Waals surface area contributed by atoms with Gasteiger partial charge in [-0.15, -0.1) is 0 Å². The van der Waals surface area contributed by atoms with Gasteiger partial charge in [-0.2, -0.15) is 0 Å². The topological polar surface area (TPSA) is 113 Å². The van der Waals surface area contributed by atoms with Gasteiger partial charge >= 0.3 is 5.69 Å². The van der Waals surface area contributed by atoms with Crippen LogP contribution in [0.1, 0.15) is 19.8 Å². The van der Waals surface area contributed by atoms with Gasteiger partial charge in [0.15, 0.2) is 0 Å². The van der Waals surface area contributed by atoms with Gasteiger partial charge in [0.05, 0.1) is 10.9 Å². The van der Waals surface area contributed by atoms with Crippen molar-refractivity contribution < 1.29 is 9.59 Å². The molecular weight excluding hydrogens is 360 g/mol. The Morgan fingerprint density at radius 2 is 1.64 bits per heavy atom. The molecule has 0 unspecified atom stereocenters. The molecule has 0 aliphatic heterocycles. The molecular formula is C20H20N4O4. The summed E-state index contributed by atoms with van der Waals surface area (Å²) >= 11 is 0. The zero-order valence-electron chi connectivity index (χ0n) is 15.3. The van der Waals surface area contributed by atoms with Crippen LogP contribution >= 0.6 is 0 Å². The molecule has 144 valence electrons. The van der Waals surface area contributed by atoms with Crippen molar-refractivity contribution in [2.45, 2.75) is 26.3 Å². The lowest BCUT2D eigenvalue weighted by molar-refractivity contribution is -0.117. The Morgan fingerprint density at radius 3 is 2.36 bits per heavy atom. The highest BCUT2D eigenvalue weighted by molar-refractivity contribution is 5.94. The fraction of sp³-hybridized carbons (Fsp3) is 0.200. The summed E-state index contributed by atoms with van der Waals surface area (Å²) in [7, 11) is 0. The highest BCUT2D eigenvalue weighted by Crippen LogP contribution is 2.15. The van der Waals surface area contributed by atoms with Gasteiger partial charge in [-0.1, -0.05) is 25.1 Å². The van der Waals surface area contributed by atoms with Crippen LogP contribution < -0.4 is 21.9 Å². The molecule has 8 heteroatoms. The lowest BCUT2D eigenvalue weighted by Crippen LogP contribution is -2.38. The van der Waals surface area contributed by atoms with E-state index >= 15 is 0 Å². The van der Waals surface area contributed by atoms with Gasteiger partial charge in [0.25, 0.3) is 5.56 Å². The number of para-hydroxylation sites is 1. The number of rotatable bonds is 6. The Kier molecular flexibility index (Phi) is 5.69. The number of nitrogens with zero attached hydrogens (tertiary/aromatic N) is 1. The number of aromatic amines is 1. The average molecular weight is 380 g/mol. The van der Waals surface area contributed by atoms with Crippen molar-refractivity contribution in [2.75, 3.05) is 10.6 Å². The van der Waals surface area contributed by atoms with Crippen LogP contribution in [0.4, 0.5) is 11.4 Å². The number of amides is 2. The zero-order valence-corrected chi connectivity index (χ0v) is 15.3. The second kappa shape index (κ2) is 8.34. The van der Waals surface area contributed by atoms with E-state index in [0.717, 1.165) is 11.0 Å². The van der Waals surface area contributed by atoms with E-state index in [2.05, 4.69) is 15.6 Å². The number of anilines is 2. The van der Waals surface area contributed by atoms with Gasteiger partial charge in [0, 0.05) is 17.8 Å². The monoisotopic (exact) mass is 380 g/mol. The number of hydrogen-bond donors (Lipinski definition) is 3. The Labute approximate surface area is 160 Å². The molecule has 1 aromatic heterocycles. The molecule has 2 aromatic carbocycles. The van der Waals surface area contributed by atoms with Crippen LogP contribution in [0.5, 0.6) is 0 Å². The number of carbonyl (C=O) groups excluding carboxylic acids is 2. The molecule has 3 rings (SSSR count). The molecule has 0 atom stereocenters. The number of H-pyrrole nitrogens is 1. The van der Waals surface area contributed by atoms with Crippen molar-refractivity contribution in [2.24, 2.45) is 0 Å². The van der Waals surface area contributed by atoms with E-state index in [9.17, 15) is 19.2 Å². The summed E-state index contributed by atoms with van der Waals surface area (Å²) in [5.41, 5.74) is 0.237. The summed E-state index contributed by atoms with van der Waals surface area (Å²) in [6.45, 7) is 1.48. The van der Waals surface area contributed by atoms with Crippen LogP contribution in [0.15, 0.2) is 58.1 Å². The number of aromatic nitrogens is 2. The Hall–Kier alpha value is -3.68. The molecule has 8 nitrogen and oxygen atoms in total. The minimum absolute atomic E-state index is 0.111. The summed E-state index contributed by atoms with van der Waals surface area (Å²) < 4.78 is 0.852. The minimum Gasteiger partial charge on any atom is -0.326 e. The third-order valence-corrected chi connectivity index (χ3v) is 4.10. The van der Waals surface area contributed by atoms with Gasteiger partial charge in [-0.25, -0.2) is 4.79 Å². The first-order valence-corrected chi connectivity index (χ1v) is 8.89. The summed E-state index contributed by atoms with van der Waals surface area (Å²) in [4.78, 5) is 51.3. The van der Waals surface area contributed by atoms with E-state index in [4.69, 9.17) is 0 Å². The van der Waals surface area contributed by atoms with E-state index in [1.54, 1.807) is 48.5 Å². The molecule has 28 heavy (non-hydrogen) atoms. The fourth-order valence-corrected chi connectivity index (χ4v) is 2.81. The first-order valence-electron chi connectivity index (χ1n) is 8.89. The number of benzene rings is 2. The SMILES string of the molecule is CCCC(=O)Nc1cccc(NC(=O)Cn2c(=O)[nH]c3ccccc3c2=O)c1. The zero-order chi connectivity index (χ0) is 20.1. The summed E-state index contributed by atoms with van der Waals surface area (Å²) in [6, 6.07) is 13.3. The van der Waals surface area contributed by atoms with Gasteiger partial charge in [0.2, 0.25) is 11.8 Å². The molecule has 0 aliphatic carbocycles. The molecule has 0 aliphatic rings. The molecule has 3 N–H and O–H groups in total. The number of carbonyl (C=O) groups is 2. The van der Waals surface area contributed by atoms with Gasteiger partial charge in [0.1, 0.15) is 6.54 Å². The standard InChI is InChI=1S/C20H20N4O4/c1-2-6-17(25)21-13-7-5-8-14(11-13)22-18(26)12-24-19(27)15-9-3-4-10-16(15)23-20(24)28/h3-5,7-11H,2,6,12H2,1H3,(H,21,25)(H,22,26)(H,23,28). The molecule has 3 aromatic rings. The molecule has 0 radical (unpaired) electrons. The smallest absolute Gasteiger partial charge is 0.326 e. The maximum Gasteiger partial charge on any atom is 0.329 e. The van der Waals surface area contributed by atoms with Crippen LogP contribution in [0.3, 0.4) is 0 Å². The molecule has 0 bridgehead atoms. The van der Waals surface area contributed by atoms with E-state index in [1.807, 2.05) is 6.92 Å². The maximum absolute atomic E-state index is 12.5. The number of fused-ring (bicyclic) bond motifs is 1. The molecule has 0 spiro atoms. The minimum atomic E-state index is -0.653. The van der Waals surface area contributed by atoms with Gasteiger partial charge < -0.3 is 15.6 Å². The van der Waals surface area contributed by atoms with Crippen LogP contribution in [-0.2, 0) is 16.1 Å². The molecule has 1 heterocycles. The quantitative estimate of drug-likeness (QED) is 0.607. The van der Waals surface area contributed by atoms with Crippen molar-refractivity contribution in [3.8, 4) is 0 Å². The van der Waals surface area contributed by atoms with Crippen molar-refractivity contribution in [1.29, 1.82) is 0 Å². The normalized spacial score (nSPS) is 10.6. The van der Waals surface area contributed by atoms with Gasteiger partial charge in [-0.05, 0) is 36.8 Å². The van der Waals surface area contributed by atoms with E-state index in [0.29, 0.717) is 28.7 Å². The summed E-state index contributed by atoms with van der Waals surface area (Å²) in [6.07, 6.45) is 1.14. The average Bonchev–Trinajstić information content (AvgIpc) is 2.65. The second-order valence-electron chi connectivity index (χ2n) is 6.29. The number of hydrogen-bond acceptors (Lipinski definition) is 4. The Bertz CT molecular complexity index is 1150. The second-order valence-corrected chi connectivity index (χ2v) is 6.29. The van der Waals surface area contributed by atoms with Crippen LogP contribution in [-0.4, -0.2) is 21.4 Å². The van der Waals surface area contributed by atoms with Crippen molar-refractivity contribution in [1.82, 2.24) is 9.55 Å². The van der Waals surface area contributed by atoms with E-state index in [1.165, 1.54) is 0 Å². The highest BCUT2D eigenvalue weighted by Gasteiger charge is 2.12. The molecule has 0 saturated carbocycles. The lowest BCUT2D eigenvalue weighted by atomic mass is 10.2. The van der Waals surface area contributed by atoms with Crippen molar-refractivity contribution in [3.63, 3.8) is 0 Å². The molecule has 0 fully saturated rings. The van der Waals surface area contributed by atoms with Gasteiger partial charge in [-0.3, -0.25) is 19.0 Å². The first-order chi connectivity index (χ1) is 13.5. The van der Waals surface area contributed by atoms with Crippen molar-refractivity contribution >= 4 is 34.1 Å². The number of nitrogens with one attached hydrogen (secondary N) is 3. The van der Waals surface area contributed by atoms with Crippen LogP contribution in [0.25, 0.3) is 10.9 Å². The summed E-state index contributed by atoms with van der Waals surface area (Å²) in [5.74, 6) is -0.639. The lowest BCUT2D eigenvalue weighted by Gasteiger charge is -2.10. The summed E-state index contributed by atoms with van der Waals surface area (Å²) in [5, 5.41) is 5.71. The Morgan fingerprint density at radius 1 is 0.964 bits per heavy atom. The first kappa shape index (κ1) is 19.1. The van der Waals surface area contributed by atoms with E-state index < -0.39 is 23.7 Å². The Balaban J connectivity index is 1.76. The highest BCUT2D eigenvalue weighted by atomic mass is 16.2. The largest absolute Gasteiger partial charge is 0.329 e. The third-order valence-electron chi connectivity index (χ3n) is 4.10. The molecule has 2 amide bonds. The fourth-order valence-electron chi connectivity index (χ4n) is 2.81. The maximum atomic E-state index is 12.5. The molecule has 0 saturated heterocycles. The predicted molar refractivity (Wildman–Crippen MR) is 107 cm³/mol. The van der Waals surface area contributed by atoms with Crippen LogP contribution in [0, 0.1) is 0 Å². The van der Waals surface area contributed by atoms with E-state index in [-0.39, 0.29) is 5.91 Å².